The van der Waals surface area contributed by atoms with Crippen molar-refractivity contribution in [1.29, 1.82) is 0 Å². The molecule has 1 amide bonds. The van der Waals surface area contributed by atoms with Crippen molar-refractivity contribution in [2.45, 2.75) is 25.8 Å². The number of aromatic nitrogens is 3. The molecule has 0 spiro atoms. The first-order valence-corrected chi connectivity index (χ1v) is 11.4. The van der Waals surface area contributed by atoms with Crippen molar-refractivity contribution in [3.63, 3.8) is 0 Å². The highest BCUT2D eigenvalue weighted by Gasteiger charge is 2.14. The number of nitrogens with one attached hydrogen (secondary N) is 1. The van der Waals surface area contributed by atoms with E-state index in [4.69, 9.17) is 14.5 Å². The first kappa shape index (κ1) is 21.8. The Labute approximate surface area is 191 Å². The minimum absolute atomic E-state index is 0.00756. The predicted octanol–water partition coefficient (Wildman–Crippen LogP) is 3.85. The summed E-state index contributed by atoms with van der Waals surface area (Å²) in [6.45, 7) is 1.27. The minimum atomic E-state index is 0.00756. The van der Waals surface area contributed by atoms with Crippen LogP contribution in [0.4, 0.5) is 0 Å². The molecule has 1 N–H and O–H groups in total. The van der Waals surface area contributed by atoms with Gasteiger partial charge in [0, 0.05) is 30.5 Å². The zero-order chi connectivity index (χ0) is 22.3. The van der Waals surface area contributed by atoms with Crippen LogP contribution < -0.4 is 14.8 Å². The van der Waals surface area contributed by atoms with Crippen LogP contribution in [0.1, 0.15) is 22.7 Å². The fourth-order valence-electron chi connectivity index (χ4n) is 3.62. The van der Waals surface area contributed by atoms with Crippen LogP contribution in [-0.4, -0.2) is 41.2 Å². The lowest BCUT2D eigenvalue weighted by atomic mass is 10.1. The van der Waals surface area contributed by atoms with E-state index in [1.807, 2.05) is 36.4 Å². The molecule has 32 heavy (non-hydrogen) atoms. The monoisotopic (exact) mass is 450 g/mol. The van der Waals surface area contributed by atoms with Gasteiger partial charge in [-0.15, -0.1) is 11.3 Å². The van der Waals surface area contributed by atoms with Gasteiger partial charge in [0.2, 0.25) is 5.91 Å². The van der Waals surface area contributed by atoms with Crippen LogP contribution in [-0.2, 0) is 24.2 Å². The fourth-order valence-corrected chi connectivity index (χ4v) is 4.31. The van der Waals surface area contributed by atoms with Crippen molar-refractivity contribution in [2.75, 3.05) is 20.8 Å². The number of amides is 1. The van der Waals surface area contributed by atoms with E-state index in [0.717, 1.165) is 22.6 Å². The van der Waals surface area contributed by atoms with Crippen molar-refractivity contribution in [3.8, 4) is 11.5 Å². The van der Waals surface area contributed by atoms with E-state index in [1.165, 1.54) is 4.88 Å². The number of carbonyl (C=O) groups is 1. The molecule has 4 rings (SSSR count). The lowest BCUT2D eigenvalue weighted by molar-refractivity contribution is -0.121. The van der Waals surface area contributed by atoms with Gasteiger partial charge in [0.05, 0.1) is 20.8 Å². The van der Waals surface area contributed by atoms with Crippen molar-refractivity contribution in [2.24, 2.45) is 0 Å². The molecular weight excluding hydrogens is 424 g/mol. The quantitative estimate of drug-likeness (QED) is 0.397. The van der Waals surface area contributed by atoms with Gasteiger partial charge in [0.25, 0.3) is 0 Å². The number of imidazole rings is 1. The van der Waals surface area contributed by atoms with E-state index < -0.39 is 0 Å². The van der Waals surface area contributed by atoms with Crippen molar-refractivity contribution >= 4 is 28.4 Å². The molecule has 0 bridgehead atoms. The van der Waals surface area contributed by atoms with Crippen LogP contribution >= 0.6 is 11.3 Å². The van der Waals surface area contributed by atoms with Gasteiger partial charge in [-0.1, -0.05) is 12.1 Å². The number of thiophene rings is 1. The molecule has 0 atom stereocenters. The number of aryl methyl sites for hydroxylation is 1. The minimum Gasteiger partial charge on any atom is -0.493 e. The Hall–Kier alpha value is -3.39. The average Bonchev–Trinajstić information content (AvgIpc) is 3.46. The summed E-state index contributed by atoms with van der Waals surface area (Å²) in [5.41, 5.74) is 2.78. The Morgan fingerprint density at radius 1 is 1.09 bits per heavy atom. The van der Waals surface area contributed by atoms with Crippen molar-refractivity contribution in [3.05, 3.63) is 70.3 Å². The maximum absolute atomic E-state index is 12.5. The molecule has 0 saturated heterocycles. The van der Waals surface area contributed by atoms with Gasteiger partial charge in [0.15, 0.2) is 17.1 Å². The zero-order valence-corrected chi connectivity index (χ0v) is 19.0. The van der Waals surface area contributed by atoms with E-state index >= 15 is 0 Å². The topological polar surface area (TPSA) is 78.3 Å². The molecule has 0 unspecified atom stereocenters. The molecule has 166 valence electrons. The Morgan fingerprint density at radius 3 is 2.75 bits per heavy atom. The first-order chi connectivity index (χ1) is 15.7. The zero-order valence-electron chi connectivity index (χ0n) is 18.2. The second kappa shape index (κ2) is 10.3. The fraction of sp³-hybridized carbons (Fsp3) is 0.292. The molecule has 7 nitrogen and oxygen atoms in total. The summed E-state index contributed by atoms with van der Waals surface area (Å²) in [6, 6.07) is 13.8. The summed E-state index contributed by atoms with van der Waals surface area (Å²) in [7, 11) is 3.23. The normalized spacial score (nSPS) is 10.9. The van der Waals surface area contributed by atoms with E-state index in [9.17, 15) is 4.79 Å². The number of hydrogen-bond acceptors (Lipinski definition) is 6. The summed E-state index contributed by atoms with van der Waals surface area (Å²) in [4.78, 5) is 22.9. The summed E-state index contributed by atoms with van der Waals surface area (Å²) in [5.74, 6) is 2.27. The molecular formula is C24H26N4O3S. The highest BCUT2D eigenvalue weighted by molar-refractivity contribution is 7.09. The molecule has 8 heteroatoms. The number of hydrogen-bond donors (Lipinski definition) is 1. The van der Waals surface area contributed by atoms with Gasteiger partial charge >= 0.3 is 0 Å². The third-order valence-electron chi connectivity index (χ3n) is 5.24. The molecule has 0 aliphatic rings. The van der Waals surface area contributed by atoms with Crippen LogP contribution in [0.3, 0.4) is 0 Å². The second-order valence-corrected chi connectivity index (χ2v) is 8.36. The van der Waals surface area contributed by atoms with Crippen molar-refractivity contribution in [1.82, 2.24) is 19.9 Å². The smallest absolute Gasteiger partial charge is 0.220 e. The van der Waals surface area contributed by atoms with Gasteiger partial charge in [-0.05, 0) is 47.7 Å². The maximum Gasteiger partial charge on any atom is 0.220 e. The Bertz CT molecular complexity index is 1190. The number of methoxy groups -OCH3 is 2. The van der Waals surface area contributed by atoms with Crippen LogP contribution in [0.25, 0.3) is 11.2 Å². The van der Waals surface area contributed by atoms with Crippen LogP contribution in [0.15, 0.2) is 54.0 Å². The molecule has 1 aromatic carbocycles. The molecule has 3 heterocycles. The third-order valence-corrected chi connectivity index (χ3v) is 6.10. The van der Waals surface area contributed by atoms with Gasteiger partial charge in [-0.3, -0.25) is 4.79 Å². The standard InChI is InChI=1S/C24H26N4O3S/c1-30-20-8-7-17(15-21(20)31-2)11-13-25-23(29)10-9-22-27-19-6-3-12-26-24(19)28(22)16-18-5-4-14-32-18/h3-8,12,14-15H,9-11,13,16H2,1-2H3,(H,25,29). The molecule has 0 radical (unpaired) electrons. The number of pyridine rings is 1. The van der Waals surface area contributed by atoms with Crippen LogP contribution in [0.5, 0.6) is 11.5 Å². The molecule has 0 fully saturated rings. The molecule has 0 aliphatic heterocycles. The summed E-state index contributed by atoms with van der Waals surface area (Å²) in [6.07, 6.45) is 3.43. The van der Waals surface area contributed by atoms with Crippen LogP contribution in [0.2, 0.25) is 0 Å². The lowest BCUT2D eigenvalue weighted by Gasteiger charge is -2.10. The molecule has 3 aromatic heterocycles. The summed E-state index contributed by atoms with van der Waals surface area (Å²) < 4.78 is 12.7. The SMILES string of the molecule is COc1ccc(CCNC(=O)CCc2nc3cccnc3n2Cc2cccs2)cc1OC. The number of rotatable bonds is 10. The molecule has 0 saturated carbocycles. The van der Waals surface area contributed by atoms with E-state index in [2.05, 4.69) is 26.3 Å². The largest absolute Gasteiger partial charge is 0.493 e. The van der Waals surface area contributed by atoms with Gasteiger partial charge in [-0.2, -0.15) is 0 Å². The van der Waals surface area contributed by atoms with E-state index in [1.54, 1.807) is 31.8 Å². The highest BCUT2D eigenvalue weighted by Crippen LogP contribution is 2.27. The third kappa shape index (κ3) is 5.08. The van der Waals surface area contributed by atoms with Gasteiger partial charge in [-0.25, -0.2) is 9.97 Å². The molecule has 0 aliphatic carbocycles. The Kier molecular flexibility index (Phi) is 7.01. The van der Waals surface area contributed by atoms with E-state index in [-0.39, 0.29) is 5.91 Å². The van der Waals surface area contributed by atoms with Gasteiger partial charge < -0.3 is 19.4 Å². The highest BCUT2D eigenvalue weighted by atomic mass is 32.1. The number of nitrogens with zero attached hydrogens (tertiary/aromatic N) is 3. The summed E-state index contributed by atoms with van der Waals surface area (Å²) in [5, 5.41) is 5.07. The number of carbonyl (C=O) groups excluding carboxylic acids is 1. The lowest BCUT2D eigenvalue weighted by Crippen LogP contribution is -2.26. The second-order valence-electron chi connectivity index (χ2n) is 7.33. The summed E-state index contributed by atoms with van der Waals surface area (Å²) >= 11 is 1.70. The maximum atomic E-state index is 12.5. The Morgan fingerprint density at radius 2 is 1.97 bits per heavy atom. The van der Waals surface area contributed by atoms with Crippen LogP contribution in [0, 0.1) is 0 Å². The molecule has 4 aromatic rings. The predicted molar refractivity (Wildman–Crippen MR) is 126 cm³/mol. The number of fused-ring (bicyclic) bond motifs is 1. The average molecular weight is 451 g/mol. The van der Waals surface area contributed by atoms with Gasteiger partial charge in [0.1, 0.15) is 11.3 Å². The van der Waals surface area contributed by atoms with Crippen molar-refractivity contribution < 1.29 is 14.3 Å². The first-order valence-electron chi connectivity index (χ1n) is 10.5. The Balaban J connectivity index is 1.35. The van der Waals surface area contributed by atoms with E-state index in [0.29, 0.717) is 43.9 Å². The number of ether oxygens (including phenoxy) is 2. The number of benzene rings is 1.